The van der Waals surface area contributed by atoms with E-state index in [0.717, 1.165) is 17.0 Å². The van der Waals surface area contributed by atoms with Crippen LogP contribution in [0.25, 0.3) is 0 Å². The first-order chi connectivity index (χ1) is 8.68. The molecule has 5 heteroatoms. The van der Waals surface area contributed by atoms with Crippen LogP contribution in [0.1, 0.15) is 17.0 Å². The van der Waals surface area contributed by atoms with Crippen LogP contribution in [-0.4, -0.2) is 9.78 Å². The molecule has 0 amide bonds. The van der Waals surface area contributed by atoms with Crippen LogP contribution in [0.15, 0.2) is 30.3 Å². The van der Waals surface area contributed by atoms with Crippen molar-refractivity contribution in [2.24, 2.45) is 7.05 Å². The van der Waals surface area contributed by atoms with Gasteiger partial charge in [-0.3, -0.25) is 9.52 Å². The maximum Gasteiger partial charge on any atom is 0.0933 e. The highest BCUT2D eigenvalue weighted by Crippen LogP contribution is 2.18. The van der Waals surface area contributed by atoms with Crippen LogP contribution < -0.4 is 5.48 Å². The maximum absolute atomic E-state index is 6.13. The lowest BCUT2D eigenvalue weighted by molar-refractivity contribution is 0.0223. The van der Waals surface area contributed by atoms with Gasteiger partial charge >= 0.3 is 0 Å². The number of hydroxylamine groups is 1. The van der Waals surface area contributed by atoms with E-state index in [4.69, 9.17) is 16.4 Å². The fourth-order valence-electron chi connectivity index (χ4n) is 1.70. The highest BCUT2D eigenvalue weighted by molar-refractivity contribution is 6.31. The number of nitrogens with zero attached hydrogens (tertiary/aromatic N) is 2. The van der Waals surface area contributed by atoms with Gasteiger partial charge in [0, 0.05) is 7.05 Å². The average molecular weight is 266 g/mol. The van der Waals surface area contributed by atoms with Gasteiger partial charge in [-0.05, 0) is 12.5 Å². The summed E-state index contributed by atoms with van der Waals surface area (Å²) in [6.07, 6.45) is 0. The lowest BCUT2D eigenvalue weighted by Gasteiger charge is -2.06. The number of aryl methyl sites for hydroxylation is 2. The molecule has 0 aliphatic heterocycles. The van der Waals surface area contributed by atoms with Crippen molar-refractivity contribution in [1.29, 1.82) is 0 Å². The monoisotopic (exact) mass is 265 g/mol. The van der Waals surface area contributed by atoms with Crippen LogP contribution in [0.5, 0.6) is 0 Å². The van der Waals surface area contributed by atoms with Crippen LogP contribution in [-0.2, 0) is 25.0 Å². The Morgan fingerprint density at radius 1 is 1.33 bits per heavy atom. The first kappa shape index (κ1) is 13.1. The fourth-order valence-corrected chi connectivity index (χ4v) is 1.93. The SMILES string of the molecule is Cc1nn(C)c(CNOCc2ccccc2)c1Cl. The molecule has 0 saturated heterocycles. The standard InChI is InChI=1S/C13H16ClN3O/c1-10-13(14)12(17(2)16-10)8-15-18-9-11-6-4-3-5-7-11/h3-7,15H,8-9H2,1-2H3. The molecule has 0 saturated carbocycles. The molecule has 0 atom stereocenters. The number of halogens is 1. The summed E-state index contributed by atoms with van der Waals surface area (Å²) in [5, 5.41) is 4.92. The quantitative estimate of drug-likeness (QED) is 0.667. The van der Waals surface area contributed by atoms with E-state index in [9.17, 15) is 0 Å². The number of hydrogen-bond donors (Lipinski definition) is 1. The molecule has 1 N–H and O–H groups in total. The zero-order chi connectivity index (χ0) is 13.0. The molecule has 1 aromatic heterocycles. The van der Waals surface area contributed by atoms with Crippen molar-refractivity contribution < 1.29 is 4.84 Å². The Morgan fingerprint density at radius 2 is 2.06 bits per heavy atom. The first-order valence-electron chi connectivity index (χ1n) is 5.75. The van der Waals surface area contributed by atoms with E-state index in [1.54, 1.807) is 4.68 Å². The number of benzene rings is 1. The summed E-state index contributed by atoms with van der Waals surface area (Å²) in [4.78, 5) is 5.39. The average Bonchev–Trinajstić information content (AvgIpc) is 2.61. The molecule has 96 valence electrons. The van der Waals surface area contributed by atoms with Crippen molar-refractivity contribution in [2.45, 2.75) is 20.1 Å². The molecular weight excluding hydrogens is 250 g/mol. The van der Waals surface area contributed by atoms with Crippen LogP contribution in [0.4, 0.5) is 0 Å². The summed E-state index contributed by atoms with van der Waals surface area (Å²) in [5.41, 5.74) is 5.77. The van der Waals surface area contributed by atoms with Gasteiger partial charge in [0.05, 0.1) is 29.6 Å². The molecule has 0 bridgehead atoms. The summed E-state index contributed by atoms with van der Waals surface area (Å²) in [5.74, 6) is 0. The molecule has 2 aromatic rings. The molecule has 0 aliphatic rings. The Kier molecular flexibility index (Phi) is 4.36. The van der Waals surface area contributed by atoms with Crippen LogP contribution >= 0.6 is 11.6 Å². The van der Waals surface area contributed by atoms with Gasteiger partial charge < -0.3 is 0 Å². The lowest BCUT2D eigenvalue weighted by atomic mass is 10.2. The summed E-state index contributed by atoms with van der Waals surface area (Å²) in [6, 6.07) is 9.99. The normalized spacial score (nSPS) is 10.8. The first-order valence-corrected chi connectivity index (χ1v) is 6.13. The highest BCUT2D eigenvalue weighted by Gasteiger charge is 2.10. The summed E-state index contributed by atoms with van der Waals surface area (Å²) in [6.45, 7) is 2.94. The van der Waals surface area contributed by atoms with E-state index >= 15 is 0 Å². The van der Waals surface area contributed by atoms with E-state index in [1.165, 1.54) is 0 Å². The molecule has 0 fully saturated rings. The van der Waals surface area contributed by atoms with Gasteiger partial charge in [0.25, 0.3) is 0 Å². The van der Waals surface area contributed by atoms with Crippen molar-refractivity contribution in [3.05, 3.63) is 52.3 Å². The second kappa shape index (κ2) is 6.00. The van der Waals surface area contributed by atoms with Crippen molar-refractivity contribution in [1.82, 2.24) is 15.3 Å². The second-order valence-corrected chi connectivity index (χ2v) is 4.44. The van der Waals surface area contributed by atoms with Crippen LogP contribution in [0, 0.1) is 6.92 Å². The number of hydrogen-bond acceptors (Lipinski definition) is 3. The molecule has 1 aromatic carbocycles. The van der Waals surface area contributed by atoms with Crippen LogP contribution in [0.2, 0.25) is 5.02 Å². The minimum absolute atomic E-state index is 0.523. The predicted octanol–water partition coefficient (Wildman–Crippen LogP) is 2.60. The summed E-state index contributed by atoms with van der Waals surface area (Å²) < 4.78 is 1.76. The molecule has 0 aliphatic carbocycles. The molecule has 0 spiro atoms. The van der Waals surface area contributed by atoms with E-state index in [2.05, 4.69) is 10.6 Å². The van der Waals surface area contributed by atoms with Crippen molar-refractivity contribution >= 4 is 11.6 Å². The topological polar surface area (TPSA) is 39.1 Å². The lowest BCUT2D eigenvalue weighted by Crippen LogP contribution is -2.16. The van der Waals surface area contributed by atoms with Crippen LogP contribution in [0.3, 0.4) is 0 Å². The van der Waals surface area contributed by atoms with Crippen molar-refractivity contribution in [3.8, 4) is 0 Å². The largest absolute Gasteiger partial charge is 0.297 e. The molecule has 4 nitrogen and oxygen atoms in total. The number of aromatic nitrogens is 2. The fraction of sp³-hybridized carbons (Fsp3) is 0.308. The second-order valence-electron chi connectivity index (χ2n) is 4.07. The third-order valence-electron chi connectivity index (χ3n) is 2.68. The molecule has 1 heterocycles. The van der Waals surface area contributed by atoms with E-state index in [1.807, 2.05) is 44.3 Å². The Labute approximate surface area is 111 Å². The number of rotatable bonds is 5. The Morgan fingerprint density at radius 3 is 2.67 bits per heavy atom. The van der Waals surface area contributed by atoms with Gasteiger partial charge in [0.1, 0.15) is 0 Å². The molecule has 0 unspecified atom stereocenters. The zero-order valence-corrected chi connectivity index (χ0v) is 11.2. The van der Waals surface area contributed by atoms with Gasteiger partial charge in [-0.2, -0.15) is 10.6 Å². The van der Waals surface area contributed by atoms with Gasteiger partial charge in [-0.1, -0.05) is 41.9 Å². The summed E-state index contributed by atoms with van der Waals surface area (Å²) in [7, 11) is 1.87. The smallest absolute Gasteiger partial charge is 0.0933 e. The van der Waals surface area contributed by atoms with E-state index < -0.39 is 0 Å². The Bertz CT molecular complexity index is 510. The third-order valence-corrected chi connectivity index (χ3v) is 3.18. The van der Waals surface area contributed by atoms with Gasteiger partial charge in [0.2, 0.25) is 0 Å². The predicted molar refractivity (Wildman–Crippen MR) is 71.0 cm³/mol. The van der Waals surface area contributed by atoms with Crippen molar-refractivity contribution in [2.75, 3.05) is 0 Å². The van der Waals surface area contributed by atoms with Gasteiger partial charge in [0.15, 0.2) is 0 Å². The van der Waals surface area contributed by atoms with Gasteiger partial charge in [-0.15, -0.1) is 0 Å². The Hall–Kier alpha value is -1.36. The molecule has 0 radical (unpaired) electrons. The Balaban J connectivity index is 1.82. The molecule has 2 rings (SSSR count). The minimum Gasteiger partial charge on any atom is -0.297 e. The zero-order valence-electron chi connectivity index (χ0n) is 10.5. The minimum atomic E-state index is 0.523. The van der Waals surface area contributed by atoms with Gasteiger partial charge in [-0.25, -0.2) is 0 Å². The highest BCUT2D eigenvalue weighted by atomic mass is 35.5. The maximum atomic E-state index is 6.13. The number of nitrogens with one attached hydrogen (secondary N) is 1. The van der Waals surface area contributed by atoms with E-state index in [0.29, 0.717) is 18.2 Å². The van der Waals surface area contributed by atoms with Crippen molar-refractivity contribution in [3.63, 3.8) is 0 Å². The summed E-state index contributed by atoms with van der Waals surface area (Å²) >= 11 is 6.13. The third kappa shape index (κ3) is 3.10. The molecular formula is C13H16ClN3O. The molecule has 18 heavy (non-hydrogen) atoms. The van der Waals surface area contributed by atoms with E-state index in [-0.39, 0.29) is 0 Å².